The summed E-state index contributed by atoms with van der Waals surface area (Å²) in [6.07, 6.45) is 6.43. The second-order valence-electron chi connectivity index (χ2n) is 3.70. The van der Waals surface area contributed by atoms with Gasteiger partial charge < -0.3 is 9.47 Å². The molecule has 0 aromatic heterocycles. The Labute approximate surface area is 85.9 Å². The second kappa shape index (κ2) is 5.01. The molecule has 0 unspecified atom stereocenters. The van der Waals surface area contributed by atoms with E-state index < -0.39 is 0 Å². The van der Waals surface area contributed by atoms with Crippen molar-refractivity contribution in [2.24, 2.45) is 5.41 Å². The summed E-state index contributed by atoms with van der Waals surface area (Å²) in [7, 11) is 0. The van der Waals surface area contributed by atoms with Crippen molar-refractivity contribution in [2.45, 2.75) is 13.3 Å². The van der Waals surface area contributed by atoms with Crippen molar-refractivity contribution in [3.8, 4) is 0 Å². The number of ether oxygens (including phenoxy) is 2. The minimum absolute atomic E-state index is 0.227. The third-order valence-corrected chi connectivity index (χ3v) is 2.55. The highest BCUT2D eigenvalue weighted by Gasteiger charge is 2.37. The lowest BCUT2D eigenvalue weighted by atomic mass is 9.84. The minimum atomic E-state index is 0.227. The molecule has 2 heteroatoms. The van der Waals surface area contributed by atoms with Crippen LogP contribution in [-0.2, 0) is 9.47 Å². The van der Waals surface area contributed by atoms with Crippen molar-refractivity contribution in [2.75, 3.05) is 19.8 Å². The summed E-state index contributed by atoms with van der Waals surface area (Å²) in [5, 5.41) is 0. The maximum Gasteiger partial charge on any atom is 0.112 e. The average Bonchev–Trinajstić information content (AvgIpc) is 2.14. The summed E-state index contributed by atoms with van der Waals surface area (Å²) in [6.45, 7) is 11.8. The summed E-state index contributed by atoms with van der Waals surface area (Å²) < 4.78 is 10.7. The molecule has 1 rings (SSSR count). The Morgan fingerprint density at radius 1 is 1.57 bits per heavy atom. The number of allylic oxidation sites excluding steroid dienone is 3. The fourth-order valence-corrected chi connectivity index (χ4v) is 1.25. The lowest BCUT2D eigenvalue weighted by molar-refractivity contribution is -0.141. The molecule has 0 N–H and O–H groups in total. The average molecular weight is 194 g/mol. The Kier molecular flexibility index (Phi) is 3.96. The van der Waals surface area contributed by atoms with E-state index in [9.17, 15) is 0 Å². The maximum atomic E-state index is 5.53. The molecule has 0 radical (unpaired) electrons. The van der Waals surface area contributed by atoms with E-state index in [4.69, 9.17) is 9.47 Å². The van der Waals surface area contributed by atoms with Gasteiger partial charge in [-0.1, -0.05) is 32.2 Å². The smallest absolute Gasteiger partial charge is 0.112 e. The largest absolute Gasteiger partial charge is 0.493 e. The van der Waals surface area contributed by atoms with E-state index >= 15 is 0 Å². The van der Waals surface area contributed by atoms with Crippen LogP contribution >= 0.6 is 0 Å². The fraction of sp³-hybridized carbons (Fsp3) is 0.500. The summed E-state index contributed by atoms with van der Waals surface area (Å²) in [5.74, 6) is 0.685. The molecule has 1 aliphatic heterocycles. The molecule has 2 nitrogen and oxygen atoms in total. The summed E-state index contributed by atoms with van der Waals surface area (Å²) in [5.41, 5.74) is 0.227. The normalized spacial score (nSPS) is 18.9. The van der Waals surface area contributed by atoms with E-state index in [1.54, 1.807) is 6.08 Å². The second-order valence-corrected chi connectivity index (χ2v) is 3.70. The first-order valence-electron chi connectivity index (χ1n) is 4.91. The number of hydrogen-bond acceptors (Lipinski definition) is 2. The van der Waals surface area contributed by atoms with Crippen molar-refractivity contribution in [1.82, 2.24) is 0 Å². The first-order chi connectivity index (χ1) is 6.72. The molecule has 0 amide bonds. The molecule has 78 valence electrons. The van der Waals surface area contributed by atoms with Crippen molar-refractivity contribution >= 4 is 0 Å². The van der Waals surface area contributed by atoms with Gasteiger partial charge >= 0.3 is 0 Å². The molecule has 0 atom stereocenters. The SMILES string of the molecule is C=C/C=C\C(=C)OCC1(CC)COC1. The van der Waals surface area contributed by atoms with Crippen LogP contribution in [0.2, 0.25) is 0 Å². The predicted molar refractivity (Wildman–Crippen MR) is 58.0 cm³/mol. The van der Waals surface area contributed by atoms with Crippen LogP contribution in [0.4, 0.5) is 0 Å². The van der Waals surface area contributed by atoms with Gasteiger partial charge in [-0.15, -0.1) is 0 Å². The van der Waals surface area contributed by atoms with Crippen LogP contribution in [0.1, 0.15) is 13.3 Å². The quantitative estimate of drug-likeness (QED) is 0.478. The Hall–Kier alpha value is -1.02. The van der Waals surface area contributed by atoms with Gasteiger partial charge in [0.25, 0.3) is 0 Å². The molecule has 0 bridgehead atoms. The highest BCUT2D eigenvalue weighted by atomic mass is 16.5. The summed E-state index contributed by atoms with van der Waals surface area (Å²) >= 11 is 0. The van der Waals surface area contributed by atoms with Crippen molar-refractivity contribution in [3.05, 3.63) is 37.1 Å². The van der Waals surface area contributed by atoms with E-state index in [0.29, 0.717) is 12.4 Å². The van der Waals surface area contributed by atoms with Crippen LogP contribution in [0, 0.1) is 5.41 Å². The molecule has 1 aliphatic rings. The van der Waals surface area contributed by atoms with Crippen LogP contribution in [0.5, 0.6) is 0 Å². The third-order valence-electron chi connectivity index (χ3n) is 2.55. The number of hydrogen-bond donors (Lipinski definition) is 0. The number of rotatable bonds is 6. The van der Waals surface area contributed by atoms with Gasteiger partial charge in [0.1, 0.15) is 5.76 Å². The Balaban J connectivity index is 2.28. The van der Waals surface area contributed by atoms with Crippen LogP contribution in [0.25, 0.3) is 0 Å². The van der Waals surface area contributed by atoms with Gasteiger partial charge in [-0.05, 0) is 12.5 Å². The van der Waals surface area contributed by atoms with Crippen LogP contribution in [-0.4, -0.2) is 19.8 Å². The lowest BCUT2D eigenvalue weighted by Crippen LogP contribution is -2.45. The fourth-order valence-electron chi connectivity index (χ4n) is 1.25. The molecular formula is C12H18O2. The van der Waals surface area contributed by atoms with Crippen LogP contribution in [0.15, 0.2) is 37.1 Å². The third kappa shape index (κ3) is 2.74. The van der Waals surface area contributed by atoms with Gasteiger partial charge in [-0.2, -0.15) is 0 Å². The topological polar surface area (TPSA) is 18.5 Å². The zero-order chi connectivity index (χ0) is 10.4. The van der Waals surface area contributed by atoms with E-state index in [1.165, 1.54) is 0 Å². The van der Waals surface area contributed by atoms with Crippen molar-refractivity contribution < 1.29 is 9.47 Å². The van der Waals surface area contributed by atoms with Gasteiger partial charge in [0.2, 0.25) is 0 Å². The molecule has 0 aromatic rings. The molecule has 1 heterocycles. The molecule has 0 spiro atoms. The maximum absolute atomic E-state index is 5.53. The van der Waals surface area contributed by atoms with Gasteiger partial charge in [0.15, 0.2) is 0 Å². The Morgan fingerprint density at radius 3 is 2.71 bits per heavy atom. The Morgan fingerprint density at radius 2 is 2.29 bits per heavy atom. The van der Waals surface area contributed by atoms with Crippen molar-refractivity contribution in [3.63, 3.8) is 0 Å². The van der Waals surface area contributed by atoms with Gasteiger partial charge in [-0.25, -0.2) is 0 Å². The lowest BCUT2D eigenvalue weighted by Gasteiger charge is -2.40. The first kappa shape index (κ1) is 11.1. The highest BCUT2D eigenvalue weighted by Crippen LogP contribution is 2.31. The predicted octanol–water partition coefficient (Wildman–Crippen LogP) is 2.69. The zero-order valence-corrected chi connectivity index (χ0v) is 8.79. The van der Waals surface area contributed by atoms with E-state index in [1.807, 2.05) is 12.2 Å². The monoisotopic (exact) mass is 194 g/mol. The molecule has 0 saturated carbocycles. The van der Waals surface area contributed by atoms with Crippen molar-refractivity contribution in [1.29, 1.82) is 0 Å². The Bertz CT molecular complexity index is 231. The summed E-state index contributed by atoms with van der Waals surface area (Å²) in [4.78, 5) is 0. The highest BCUT2D eigenvalue weighted by molar-refractivity contribution is 5.12. The van der Waals surface area contributed by atoms with E-state index in [-0.39, 0.29) is 5.41 Å². The molecular weight excluding hydrogens is 176 g/mol. The van der Waals surface area contributed by atoms with Gasteiger partial charge in [-0.3, -0.25) is 0 Å². The first-order valence-corrected chi connectivity index (χ1v) is 4.91. The summed E-state index contributed by atoms with van der Waals surface area (Å²) in [6, 6.07) is 0. The zero-order valence-electron chi connectivity index (χ0n) is 8.79. The molecule has 0 aromatic carbocycles. The van der Waals surface area contributed by atoms with Gasteiger partial charge in [0, 0.05) is 0 Å². The molecule has 0 aliphatic carbocycles. The molecule has 1 saturated heterocycles. The van der Waals surface area contributed by atoms with Gasteiger partial charge in [0.05, 0.1) is 25.2 Å². The van der Waals surface area contributed by atoms with Crippen LogP contribution < -0.4 is 0 Å². The minimum Gasteiger partial charge on any atom is -0.493 e. The van der Waals surface area contributed by atoms with E-state index in [2.05, 4.69) is 20.1 Å². The molecule has 1 fully saturated rings. The van der Waals surface area contributed by atoms with E-state index in [0.717, 1.165) is 19.6 Å². The van der Waals surface area contributed by atoms with Crippen LogP contribution in [0.3, 0.4) is 0 Å². The molecule has 14 heavy (non-hydrogen) atoms. The standard InChI is InChI=1S/C12H18O2/c1-4-6-7-11(3)14-10-12(5-2)8-13-9-12/h4,6-7H,1,3,5,8-10H2,2H3/b7-6-.